The molecule has 6 atom stereocenters. The molecule has 4 saturated heterocycles. The maximum atomic E-state index is 11.0. The monoisotopic (exact) mass is 419 g/mol. The molecular formula is C26H49N3O. The van der Waals surface area contributed by atoms with Gasteiger partial charge in [0.1, 0.15) is 0 Å². The maximum Gasteiger partial charge on any atom is 0.0593 e. The lowest BCUT2D eigenvalue weighted by atomic mass is 9.76. The normalized spacial score (nSPS) is 43.9. The third-order valence-electron chi connectivity index (χ3n) is 9.20. The van der Waals surface area contributed by atoms with Gasteiger partial charge in [-0.1, -0.05) is 6.42 Å². The second-order valence-corrected chi connectivity index (χ2v) is 13.1. The van der Waals surface area contributed by atoms with Gasteiger partial charge in [-0.25, -0.2) is 0 Å². The van der Waals surface area contributed by atoms with Gasteiger partial charge in [0.25, 0.3) is 0 Å². The van der Waals surface area contributed by atoms with E-state index in [2.05, 4.69) is 56.2 Å². The van der Waals surface area contributed by atoms with Crippen molar-refractivity contribution in [1.29, 1.82) is 0 Å². The number of likely N-dealkylation sites (tertiary alicyclic amines) is 2. The average molecular weight is 420 g/mol. The smallest absolute Gasteiger partial charge is 0.0593 e. The topological polar surface area (TPSA) is 30.0 Å². The molecule has 4 nitrogen and oxygen atoms in total. The van der Waals surface area contributed by atoms with E-state index in [1.807, 2.05) is 0 Å². The molecule has 4 fully saturated rings. The molecule has 4 rings (SSSR count). The number of nitrogens with zero attached hydrogens (tertiary/aromatic N) is 3. The molecule has 6 unspecified atom stereocenters. The molecule has 0 aromatic heterocycles. The first-order chi connectivity index (χ1) is 14.0. The summed E-state index contributed by atoms with van der Waals surface area (Å²) < 4.78 is 0. The number of hydrogen-bond acceptors (Lipinski definition) is 4. The summed E-state index contributed by atoms with van der Waals surface area (Å²) in [6, 6.07) is 0.680. The van der Waals surface area contributed by atoms with Crippen LogP contribution in [0.15, 0.2) is 0 Å². The molecule has 0 spiro atoms. The van der Waals surface area contributed by atoms with E-state index in [4.69, 9.17) is 0 Å². The Balaban J connectivity index is 1.67. The van der Waals surface area contributed by atoms with Gasteiger partial charge in [-0.3, -0.25) is 14.7 Å². The molecule has 174 valence electrons. The minimum absolute atomic E-state index is 0.120. The van der Waals surface area contributed by atoms with Gasteiger partial charge in [0.2, 0.25) is 0 Å². The van der Waals surface area contributed by atoms with Crippen LogP contribution in [0.5, 0.6) is 0 Å². The number of aliphatic hydroxyl groups excluding tert-OH is 1. The quantitative estimate of drug-likeness (QED) is 0.684. The fraction of sp³-hybridized carbons (Fsp3) is 1.00. The van der Waals surface area contributed by atoms with E-state index in [1.165, 1.54) is 58.2 Å². The lowest BCUT2D eigenvalue weighted by Crippen LogP contribution is -2.58. The first kappa shape index (κ1) is 23.0. The largest absolute Gasteiger partial charge is 0.393 e. The van der Waals surface area contributed by atoms with E-state index >= 15 is 0 Å². The van der Waals surface area contributed by atoms with Crippen molar-refractivity contribution in [3.8, 4) is 0 Å². The van der Waals surface area contributed by atoms with Gasteiger partial charge >= 0.3 is 0 Å². The Morgan fingerprint density at radius 1 is 0.833 bits per heavy atom. The summed E-state index contributed by atoms with van der Waals surface area (Å²) in [5.41, 5.74) is 0.668. The molecule has 4 bridgehead atoms. The first-order valence-corrected chi connectivity index (χ1v) is 12.9. The van der Waals surface area contributed by atoms with Crippen molar-refractivity contribution in [2.24, 2.45) is 11.8 Å². The van der Waals surface area contributed by atoms with Crippen LogP contribution in [0.2, 0.25) is 0 Å². The number of rotatable bonds is 1. The van der Waals surface area contributed by atoms with Crippen molar-refractivity contribution >= 4 is 0 Å². The predicted octanol–water partition coefficient (Wildman–Crippen LogP) is 4.37. The van der Waals surface area contributed by atoms with Crippen LogP contribution in [0.1, 0.15) is 92.9 Å². The molecule has 4 aliphatic rings. The highest BCUT2D eigenvalue weighted by atomic mass is 16.3. The standard InChI is InChI=1S/C26H49N3O/c1-24(2,3)29-18-20-14-22(29)17-25(4,5)28-13-10-23(30)21(19-28)16-26(6,15-20)27-11-8-7-9-12-27/h20-23,30H,7-19H2,1-6H3. The molecular weight excluding hydrogens is 370 g/mol. The van der Waals surface area contributed by atoms with Gasteiger partial charge in [0.05, 0.1) is 6.10 Å². The van der Waals surface area contributed by atoms with Crippen LogP contribution in [-0.4, -0.2) is 81.3 Å². The van der Waals surface area contributed by atoms with Gasteiger partial charge in [-0.15, -0.1) is 0 Å². The molecule has 30 heavy (non-hydrogen) atoms. The van der Waals surface area contributed by atoms with Crippen LogP contribution >= 0.6 is 0 Å². The number of aliphatic hydroxyl groups is 1. The Kier molecular flexibility index (Phi) is 6.38. The summed E-state index contributed by atoms with van der Waals surface area (Å²) in [4.78, 5) is 8.41. The van der Waals surface area contributed by atoms with Crippen molar-refractivity contribution in [2.75, 3.05) is 32.7 Å². The number of piperidine rings is 2. The summed E-state index contributed by atoms with van der Waals surface area (Å²) in [5.74, 6) is 1.20. The molecule has 1 N–H and O–H groups in total. The Bertz CT molecular complexity index is 594. The summed E-state index contributed by atoms with van der Waals surface area (Å²) >= 11 is 0. The van der Waals surface area contributed by atoms with Crippen LogP contribution in [0.25, 0.3) is 0 Å². The molecule has 4 heterocycles. The summed E-state index contributed by atoms with van der Waals surface area (Å²) in [6.45, 7) is 20.6. The zero-order valence-corrected chi connectivity index (χ0v) is 20.8. The van der Waals surface area contributed by atoms with Gasteiger partial charge in [-0.2, -0.15) is 0 Å². The fourth-order valence-electron chi connectivity index (χ4n) is 7.61. The molecule has 0 radical (unpaired) electrons. The zero-order chi connectivity index (χ0) is 21.7. The fourth-order valence-corrected chi connectivity index (χ4v) is 7.61. The molecule has 4 heteroatoms. The molecule has 4 aliphatic heterocycles. The van der Waals surface area contributed by atoms with E-state index in [0.29, 0.717) is 12.0 Å². The van der Waals surface area contributed by atoms with Crippen LogP contribution in [0, 0.1) is 11.8 Å². The van der Waals surface area contributed by atoms with Gasteiger partial charge in [0, 0.05) is 42.3 Å². The SMILES string of the molecule is CC(C)(C)N1CC2CC1CC(C)(C)N1CCC(O)C(C1)CC(C)(N1CCCCC1)C2. The first-order valence-electron chi connectivity index (χ1n) is 12.9. The van der Waals surface area contributed by atoms with Crippen LogP contribution in [0.3, 0.4) is 0 Å². The van der Waals surface area contributed by atoms with Crippen molar-refractivity contribution in [2.45, 2.75) is 122 Å². The highest BCUT2D eigenvalue weighted by molar-refractivity contribution is 5.04. The lowest BCUT2D eigenvalue weighted by Gasteiger charge is -2.51. The van der Waals surface area contributed by atoms with Crippen LogP contribution < -0.4 is 0 Å². The van der Waals surface area contributed by atoms with Crippen LogP contribution in [-0.2, 0) is 0 Å². The van der Waals surface area contributed by atoms with Crippen molar-refractivity contribution < 1.29 is 5.11 Å². The second-order valence-electron chi connectivity index (χ2n) is 13.1. The third-order valence-corrected chi connectivity index (χ3v) is 9.20. The van der Waals surface area contributed by atoms with E-state index in [1.54, 1.807) is 0 Å². The Labute approximate surface area is 186 Å². The summed E-state index contributed by atoms with van der Waals surface area (Å²) in [7, 11) is 0. The zero-order valence-electron chi connectivity index (χ0n) is 20.8. The lowest BCUT2D eigenvalue weighted by molar-refractivity contribution is -0.0532. The number of hydrogen-bond donors (Lipinski definition) is 1. The third kappa shape index (κ3) is 4.63. The molecule has 0 aromatic rings. The van der Waals surface area contributed by atoms with Gasteiger partial charge < -0.3 is 5.11 Å². The predicted molar refractivity (Wildman–Crippen MR) is 126 cm³/mol. The maximum absolute atomic E-state index is 11.0. The van der Waals surface area contributed by atoms with E-state index in [9.17, 15) is 5.11 Å². The highest BCUT2D eigenvalue weighted by Gasteiger charge is 2.48. The Hall–Kier alpha value is -0.160. The van der Waals surface area contributed by atoms with Gasteiger partial charge in [0.15, 0.2) is 0 Å². The number of fused-ring (bicyclic) bond motifs is 4. The van der Waals surface area contributed by atoms with Crippen molar-refractivity contribution in [1.82, 2.24) is 14.7 Å². The van der Waals surface area contributed by atoms with Crippen molar-refractivity contribution in [3.63, 3.8) is 0 Å². The Morgan fingerprint density at radius 2 is 1.53 bits per heavy atom. The van der Waals surface area contributed by atoms with E-state index < -0.39 is 0 Å². The summed E-state index contributed by atoms with van der Waals surface area (Å²) in [6.07, 6.45) is 10.00. The molecule has 0 aliphatic carbocycles. The van der Waals surface area contributed by atoms with Crippen LogP contribution in [0.4, 0.5) is 0 Å². The van der Waals surface area contributed by atoms with Gasteiger partial charge in [-0.05, 0) is 111 Å². The second kappa shape index (κ2) is 8.32. The molecule has 0 aromatic carbocycles. The minimum atomic E-state index is -0.120. The van der Waals surface area contributed by atoms with E-state index in [-0.39, 0.29) is 22.7 Å². The molecule has 0 saturated carbocycles. The van der Waals surface area contributed by atoms with Crippen molar-refractivity contribution in [3.05, 3.63) is 0 Å². The highest BCUT2D eigenvalue weighted by Crippen LogP contribution is 2.44. The molecule has 0 amide bonds. The Morgan fingerprint density at radius 3 is 2.20 bits per heavy atom. The minimum Gasteiger partial charge on any atom is -0.393 e. The average Bonchev–Trinajstić information content (AvgIpc) is 3.04. The van der Waals surface area contributed by atoms with E-state index in [0.717, 1.165) is 31.8 Å². The summed E-state index contributed by atoms with van der Waals surface area (Å²) in [5, 5.41) is 11.0.